The van der Waals surface area contributed by atoms with Gasteiger partial charge in [-0.05, 0) is 12.1 Å². The third-order valence-electron chi connectivity index (χ3n) is 2.63. The fraction of sp³-hybridized carbons (Fsp3) is 0.125. The van der Waals surface area contributed by atoms with Gasteiger partial charge in [0.1, 0.15) is 29.0 Å². The first-order valence-electron chi connectivity index (χ1n) is 6.55. The third-order valence-corrected chi connectivity index (χ3v) is 2.63. The molecule has 2 aromatic rings. The molecule has 0 N–H and O–H groups in total. The van der Waals surface area contributed by atoms with Crippen LogP contribution in [0.3, 0.4) is 0 Å². The Hall–Kier alpha value is -2.83. The molecule has 0 fully saturated rings. The van der Waals surface area contributed by atoms with E-state index in [1.54, 1.807) is 0 Å². The van der Waals surface area contributed by atoms with Crippen molar-refractivity contribution in [3.63, 3.8) is 0 Å². The van der Waals surface area contributed by atoms with Gasteiger partial charge in [-0.1, -0.05) is 6.07 Å². The summed E-state index contributed by atoms with van der Waals surface area (Å²) in [4.78, 5) is 23.0. The predicted octanol–water partition coefficient (Wildman–Crippen LogP) is 3.40. The minimum atomic E-state index is -0.890. The van der Waals surface area contributed by atoms with Crippen LogP contribution in [-0.4, -0.2) is 11.9 Å². The van der Waals surface area contributed by atoms with Crippen molar-refractivity contribution < 1.29 is 32.2 Å². The van der Waals surface area contributed by atoms with Crippen molar-refractivity contribution in [2.75, 3.05) is 0 Å². The highest BCUT2D eigenvalue weighted by atomic mass is 19.1. The Labute approximate surface area is 129 Å². The van der Waals surface area contributed by atoms with Gasteiger partial charge in [0.2, 0.25) is 0 Å². The van der Waals surface area contributed by atoms with Crippen molar-refractivity contribution in [2.24, 2.45) is 0 Å². The van der Waals surface area contributed by atoms with Gasteiger partial charge in [-0.15, -0.1) is 0 Å². The first-order chi connectivity index (χ1) is 10.9. The van der Waals surface area contributed by atoms with Crippen molar-refractivity contribution >= 4 is 11.9 Å². The lowest BCUT2D eigenvalue weighted by atomic mass is 10.3. The molecule has 2 rings (SSSR count). The van der Waals surface area contributed by atoms with Gasteiger partial charge in [0.05, 0.1) is 12.8 Å². The summed E-state index contributed by atoms with van der Waals surface area (Å²) in [6.45, 7) is 0. The summed E-state index contributed by atoms with van der Waals surface area (Å²) in [6, 6.07) is 7.27. The van der Waals surface area contributed by atoms with Gasteiger partial charge >= 0.3 is 11.9 Å². The molecule has 0 radical (unpaired) electrons. The highest BCUT2D eigenvalue weighted by Gasteiger charge is 2.12. The van der Waals surface area contributed by atoms with Crippen LogP contribution in [-0.2, 0) is 9.59 Å². The standard InChI is InChI=1S/C16H11F3O4/c17-10-2-1-3-13(7-10)22-15(20)4-5-16(21)23-14-8-11(18)6-12(19)9-14/h1-3,6-9H,4-5H2. The Balaban J connectivity index is 1.83. The summed E-state index contributed by atoms with van der Waals surface area (Å²) in [5, 5.41) is 0. The van der Waals surface area contributed by atoms with Crippen LogP contribution in [0.25, 0.3) is 0 Å². The summed E-state index contributed by atoms with van der Waals surface area (Å²) in [6.07, 6.45) is -0.681. The number of carbonyl (C=O) groups excluding carboxylic acids is 2. The van der Waals surface area contributed by atoms with Gasteiger partial charge in [0.25, 0.3) is 0 Å². The Morgan fingerprint density at radius 1 is 0.739 bits per heavy atom. The van der Waals surface area contributed by atoms with Gasteiger partial charge in [-0.2, -0.15) is 0 Å². The molecule has 0 aliphatic rings. The lowest BCUT2D eigenvalue weighted by Gasteiger charge is -2.06. The number of hydrogen-bond acceptors (Lipinski definition) is 4. The van der Waals surface area contributed by atoms with Crippen LogP contribution in [0.15, 0.2) is 42.5 Å². The molecule has 0 unspecified atom stereocenters. The van der Waals surface area contributed by atoms with E-state index in [1.807, 2.05) is 0 Å². The van der Waals surface area contributed by atoms with Crippen LogP contribution in [0.2, 0.25) is 0 Å². The maximum Gasteiger partial charge on any atom is 0.311 e. The summed E-state index contributed by atoms with van der Waals surface area (Å²) < 4.78 is 48.3. The van der Waals surface area contributed by atoms with Gasteiger partial charge in [-0.25, -0.2) is 13.2 Å². The highest BCUT2D eigenvalue weighted by molar-refractivity contribution is 5.80. The number of benzene rings is 2. The van der Waals surface area contributed by atoms with Crippen molar-refractivity contribution in [3.05, 3.63) is 59.9 Å². The molecule has 23 heavy (non-hydrogen) atoms. The molecule has 7 heteroatoms. The van der Waals surface area contributed by atoms with E-state index in [0.717, 1.165) is 18.2 Å². The number of halogens is 3. The van der Waals surface area contributed by atoms with Gasteiger partial charge in [-0.3, -0.25) is 9.59 Å². The molecule has 0 spiro atoms. The molecule has 0 heterocycles. The van der Waals surface area contributed by atoms with E-state index < -0.39 is 29.4 Å². The molecule has 0 saturated carbocycles. The monoisotopic (exact) mass is 324 g/mol. The number of hydrogen-bond donors (Lipinski definition) is 0. The van der Waals surface area contributed by atoms with Gasteiger partial charge in [0.15, 0.2) is 0 Å². The number of esters is 2. The maximum absolute atomic E-state index is 12.9. The van der Waals surface area contributed by atoms with E-state index in [1.165, 1.54) is 18.2 Å². The maximum atomic E-state index is 12.9. The zero-order valence-corrected chi connectivity index (χ0v) is 11.7. The Morgan fingerprint density at radius 3 is 1.83 bits per heavy atom. The summed E-state index contributed by atoms with van der Waals surface area (Å²) in [7, 11) is 0. The topological polar surface area (TPSA) is 52.6 Å². The molecule has 0 saturated heterocycles. The molecular weight excluding hydrogens is 313 g/mol. The fourth-order valence-corrected chi connectivity index (χ4v) is 1.69. The van der Waals surface area contributed by atoms with Gasteiger partial charge < -0.3 is 9.47 Å². The average molecular weight is 324 g/mol. The second-order valence-electron chi connectivity index (χ2n) is 4.51. The molecule has 4 nitrogen and oxygen atoms in total. The lowest BCUT2D eigenvalue weighted by Crippen LogP contribution is -2.14. The largest absolute Gasteiger partial charge is 0.426 e. The molecular formula is C16H11F3O4. The van der Waals surface area contributed by atoms with E-state index in [2.05, 4.69) is 0 Å². The Kier molecular flexibility index (Phi) is 5.35. The highest BCUT2D eigenvalue weighted by Crippen LogP contribution is 2.17. The summed E-state index contributed by atoms with van der Waals surface area (Å²) in [5.41, 5.74) is 0. The van der Waals surface area contributed by atoms with Crippen LogP contribution in [0.4, 0.5) is 13.2 Å². The second-order valence-corrected chi connectivity index (χ2v) is 4.51. The van der Waals surface area contributed by atoms with Crippen LogP contribution in [0.1, 0.15) is 12.8 Å². The predicted molar refractivity (Wildman–Crippen MR) is 73.3 cm³/mol. The quantitative estimate of drug-likeness (QED) is 0.625. The fourth-order valence-electron chi connectivity index (χ4n) is 1.69. The first-order valence-corrected chi connectivity index (χ1v) is 6.55. The van der Waals surface area contributed by atoms with E-state index in [-0.39, 0.29) is 24.3 Å². The molecule has 0 bridgehead atoms. The summed E-state index contributed by atoms with van der Waals surface area (Å²) in [5.74, 6) is -4.26. The van der Waals surface area contributed by atoms with E-state index in [4.69, 9.17) is 9.47 Å². The molecule has 0 aliphatic carbocycles. The Bertz CT molecular complexity index is 711. The van der Waals surface area contributed by atoms with Crippen LogP contribution >= 0.6 is 0 Å². The number of ether oxygens (including phenoxy) is 2. The molecule has 120 valence electrons. The van der Waals surface area contributed by atoms with Crippen molar-refractivity contribution in [3.8, 4) is 11.5 Å². The van der Waals surface area contributed by atoms with Crippen LogP contribution < -0.4 is 9.47 Å². The van der Waals surface area contributed by atoms with Gasteiger partial charge in [0, 0.05) is 24.3 Å². The molecule has 0 amide bonds. The van der Waals surface area contributed by atoms with E-state index >= 15 is 0 Å². The number of rotatable bonds is 5. The van der Waals surface area contributed by atoms with Crippen molar-refractivity contribution in [1.82, 2.24) is 0 Å². The second kappa shape index (κ2) is 7.44. The molecule has 2 aromatic carbocycles. The molecule has 0 aliphatic heterocycles. The average Bonchev–Trinajstić information content (AvgIpc) is 2.44. The summed E-state index contributed by atoms with van der Waals surface area (Å²) >= 11 is 0. The van der Waals surface area contributed by atoms with E-state index in [9.17, 15) is 22.8 Å². The Morgan fingerprint density at radius 2 is 1.26 bits per heavy atom. The van der Waals surface area contributed by atoms with E-state index in [0.29, 0.717) is 6.07 Å². The van der Waals surface area contributed by atoms with Crippen molar-refractivity contribution in [2.45, 2.75) is 12.8 Å². The molecule has 0 aromatic heterocycles. The minimum absolute atomic E-state index is 0.00979. The van der Waals surface area contributed by atoms with Crippen LogP contribution in [0, 0.1) is 17.5 Å². The SMILES string of the molecule is O=C(CCC(=O)Oc1cc(F)cc(F)c1)Oc1cccc(F)c1. The van der Waals surface area contributed by atoms with Crippen molar-refractivity contribution in [1.29, 1.82) is 0 Å². The lowest BCUT2D eigenvalue weighted by molar-refractivity contribution is -0.140. The zero-order valence-electron chi connectivity index (χ0n) is 11.7. The smallest absolute Gasteiger partial charge is 0.311 e. The number of carbonyl (C=O) groups is 2. The first kappa shape index (κ1) is 16.5. The minimum Gasteiger partial charge on any atom is -0.426 e. The zero-order chi connectivity index (χ0) is 16.8. The normalized spacial score (nSPS) is 10.2. The molecule has 0 atom stereocenters. The van der Waals surface area contributed by atoms with Crippen LogP contribution in [0.5, 0.6) is 11.5 Å². The third kappa shape index (κ3) is 5.46.